The summed E-state index contributed by atoms with van der Waals surface area (Å²) in [5, 5.41) is 15.3. The average molecular weight is 600 g/mol. The zero-order valence-corrected chi connectivity index (χ0v) is 22.1. The fraction of sp³-hybridized carbons (Fsp3) is 0. The number of halogens is 2. The lowest BCUT2D eigenvalue weighted by molar-refractivity contribution is 0.471. The Morgan fingerprint density at radius 2 is 1.36 bits per heavy atom. The Labute approximate surface area is 225 Å². The fourth-order valence-electron chi connectivity index (χ4n) is 3.72. The van der Waals surface area contributed by atoms with Gasteiger partial charge < -0.3 is 5.11 Å². The van der Waals surface area contributed by atoms with E-state index in [-0.39, 0.29) is 5.75 Å². The molecule has 5 aromatic rings. The number of hydrogen-bond acceptors (Lipinski definition) is 4. The Morgan fingerprint density at radius 3 is 2.03 bits per heavy atom. The Hall–Kier alpha value is -3.81. The average Bonchev–Trinajstić information content (AvgIpc) is 3.28. The van der Waals surface area contributed by atoms with Crippen molar-refractivity contribution in [2.75, 3.05) is 0 Å². The number of phenolic OH excluding ortho intramolecular Hbond substituents is 1. The van der Waals surface area contributed by atoms with Gasteiger partial charge in [0.25, 0.3) is 5.95 Å². The van der Waals surface area contributed by atoms with Crippen LogP contribution in [0.15, 0.2) is 122 Å². The zero-order valence-electron chi connectivity index (χ0n) is 19.0. The molecule has 7 heteroatoms. The Bertz CT molecular complexity index is 1550. The van der Waals surface area contributed by atoms with Crippen LogP contribution in [0.2, 0.25) is 0 Å². The van der Waals surface area contributed by atoms with E-state index in [1.165, 1.54) is 0 Å². The van der Waals surface area contributed by atoms with Crippen molar-refractivity contribution in [3.63, 3.8) is 0 Å². The molecule has 0 amide bonds. The van der Waals surface area contributed by atoms with E-state index in [1.807, 2.05) is 91.0 Å². The van der Waals surface area contributed by atoms with Gasteiger partial charge in [-0.1, -0.05) is 107 Å². The summed E-state index contributed by atoms with van der Waals surface area (Å²) < 4.78 is 3.12. The Morgan fingerprint density at radius 1 is 0.750 bits per heavy atom. The summed E-state index contributed by atoms with van der Waals surface area (Å²) in [5.74, 6) is 0.481. The van der Waals surface area contributed by atoms with Crippen LogP contribution in [0.3, 0.4) is 0 Å². The standard InChI is InChI=1S/C29H20Br2N4O/c30-24-16-23(28(36)25(31)17-24)19-32-29-34-26(21-12-6-2-7-13-21)27(22-14-8-3-9-15-22)35(29)33-18-20-10-4-1-5-11-20/h1-19,36H/b32-19?,33-18-. The first-order chi connectivity index (χ1) is 17.6. The fourth-order valence-corrected chi connectivity index (χ4v) is 4.98. The maximum absolute atomic E-state index is 10.5. The minimum atomic E-state index is 0.0967. The van der Waals surface area contributed by atoms with Crippen molar-refractivity contribution < 1.29 is 5.11 Å². The molecule has 36 heavy (non-hydrogen) atoms. The molecule has 0 bridgehead atoms. The molecule has 0 aliphatic rings. The van der Waals surface area contributed by atoms with Crippen LogP contribution in [0.1, 0.15) is 11.1 Å². The van der Waals surface area contributed by atoms with Gasteiger partial charge in [0.1, 0.15) is 17.1 Å². The number of aromatic hydroxyl groups is 1. The van der Waals surface area contributed by atoms with E-state index in [1.54, 1.807) is 29.2 Å². The van der Waals surface area contributed by atoms with Crippen molar-refractivity contribution in [2.45, 2.75) is 0 Å². The lowest BCUT2D eigenvalue weighted by Crippen LogP contribution is -1.95. The van der Waals surface area contributed by atoms with Crippen LogP contribution < -0.4 is 0 Å². The highest BCUT2D eigenvalue weighted by Gasteiger charge is 2.20. The molecule has 0 aliphatic heterocycles. The molecule has 0 spiro atoms. The molecule has 0 saturated heterocycles. The third-order valence-electron chi connectivity index (χ3n) is 5.43. The van der Waals surface area contributed by atoms with Crippen molar-refractivity contribution in [2.24, 2.45) is 10.1 Å². The second-order valence-corrected chi connectivity index (χ2v) is 9.66. The molecule has 4 aromatic carbocycles. The number of imidazole rings is 1. The highest BCUT2D eigenvalue weighted by Crippen LogP contribution is 2.36. The lowest BCUT2D eigenvalue weighted by Gasteiger charge is -2.07. The SMILES string of the molecule is Oc1c(Br)cc(Br)cc1C=Nc1nc(-c2ccccc2)c(-c2ccccc2)n1/N=C\c1ccccc1. The summed E-state index contributed by atoms with van der Waals surface area (Å²) in [6.07, 6.45) is 3.38. The molecule has 0 radical (unpaired) electrons. The summed E-state index contributed by atoms with van der Waals surface area (Å²) in [4.78, 5) is 9.58. The molecule has 1 aromatic heterocycles. The first kappa shape index (κ1) is 23.9. The number of rotatable bonds is 6. The third-order valence-corrected chi connectivity index (χ3v) is 6.49. The van der Waals surface area contributed by atoms with Crippen LogP contribution in [0.4, 0.5) is 5.95 Å². The number of nitrogens with zero attached hydrogens (tertiary/aromatic N) is 4. The summed E-state index contributed by atoms with van der Waals surface area (Å²) in [7, 11) is 0. The van der Waals surface area contributed by atoms with Crippen LogP contribution in [0, 0.1) is 0 Å². The molecule has 0 atom stereocenters. The molecular formula is C29H20Br2N4O. The van der Waals surface area contributed by atoms with E-state index in [9.17, 15) is 5.11 Å². The summed E-state index contributed by atoms with van der Waals surface area (Å²) in [6, 6.07) is 33.4. The van der Waals surface area contributed by atoms with Crippen LogP contribution in [0.25, 0.3) is 22.5 Å². The largest absolute Gasteiger partial charge is 0.506 e. The van der Waals surface area contributed by atoms with Gasteiger partial charge >= 0.3 is 0 Å². The Kier molecular flexibility index (Phi) is 7.21. The highest BCUT2D eigenvalue weighted by atomic mass is 79.9. The number of aliphatic imine (C=N–C) groups is 1. The minimum Gasteiger partial charge on any atom is -0.506 e. The molecule has 0 unspecified atom stereocenters. The number of hydrogen-bond donors (Lipinski definition) is 1. The van der Waals surface area contributed by atoms with Gasteiger partial charge in [-0.2, -0.15) is 9.78 Å². The smallest absolute Gasteiger partial charge is 0.251 e. The van der Waals surface area contributed by atoms with Crippen LogP contribution in [0.5, 0.6) is 5.75 Å². The molecule has 1 N–H and O–H groups in total. The van der Waals surface area contributed by atoms with Gasteiger partial charge in [-0.15, -0.1) is 0 Å². The molecule has 5 nitrogen and oxygen atoms in total. The van der Waals surface area contributed by atoms with Crippen LogP contribution >= 0.6 is 31.9 Å². The summed E-state index contributed by atoms with van der Waals surface area (Å²) in [6.45, 7) is 0. The van der Waals surface area contributed by atoms with E-state index in [0.29, 0.717) is 16.0 Å². The minimum absolute atomic E-state index is 0.0967. The monoisotopic (exact) mass is 598 g/mol. The van der Waals surface area contributed by atoms with Gasteiger partial charge in [0.2, 0.25) is 0 Å². The maximum atomic E-state index is 10.5. The molecule has 0 saturated carbocycles. The van der Waals surface area contributed by atoms with Gasteiger partial charge in [-0.05, 0) is 33.6 Å². The lowest BCUT2D eigenvalue weighted by atomic mass is 10.1. The van der Waals surface area contributed by atoms with E-state index < -0.39 is 0 Å². The van der Waals surface area contributed by atoms with Crippen LogP contribution in [-0.2, 0) is 0 Å². The van der Waals surface area contributed by atoms with Gasteiger partial charge in [0.05, 0.1) is 10.7 Å². The first-order valence-electron chi connectivity index (χ1n) is 11.2. The molecule has 1 heterocycles. The predicted octanol–water partition coefficient (Wildman–Crippen LogP) is 8.08. The van der Waals surface area contributed by atoms with Gasteiger partial charge in [0, 0.05) is 27.4 Å². The summed E-state index contributed by atoms with van der Waals surface area (Å²) in [5.41, 5.74) is 4.99. The normalized spacial score (nSPS) is 11.5. The molecule has 5 rings (SSSR count). The van der Waals surface area contributed by atoms with Crippen molar-refractivity contribution in [3.8, 4) is 28.3 Å². The van der Waals surface area contributed by atoms with Crippen molar-refractivity contribution in [1.29, 1.82) is 0 Å². The topological polar surface area (TPSA) is 62.8 Å². The van der Waals surface area contributed by atoms with E-state index in [0.717, 1.165) is 32.6 Å². The number of phenols is 1. The molecule has 176 valence electrons. The van der Waals surface area contributed by atoms with E-state index in [2.05, 4.69) is 36.9 Å². The van der Waals surface area contributed by atoms with Crippen molar-refractivity contribution in [3.05, 3.63) is 123 Å². The summed E-state index contributed by atoms with van der Waals surface area (Å²) >= 11 is 6.85. The van der Waals surface area contributed by atoms with E-state index >= 15 is 0 Å². The highest BCUT2D eigenvalue weighted by molar-refractivity contribution is 9.11. The molecular weight excluding hydrogens is 580 g/mol. The molecule has 0 aliphatic carbocycles. The second kappa shape index (κ2) is 10.8. The maximum Gasteiger partial charge on any atom is 0.251 e. The first-order valence-corrected chi connectivity index (χ1v) is 12.7. The zero-order chi connectivity index (χ0) is 24.9. The van der Waals surface area contributed by atoms with Gasteiger partial charge in [-0.3, -0.25) is 0 Å². The van der Waals surface area contributed by atoms with E-state index in [4.69, 9.17) is 10.1 Å². The van der Waals surface area contributed by atoms with Crippen molar-refractivity contribution >= 4 is 50.2 Å². The second-order valence-electron chi connectivity index (χ2n) is 7.89. The van der Waals surface area contributed by atoms with Crippen LogP contribution in [-0.4, -0.2) is 27.2 Å². The van der Waals surface area contributed by atoms with Gasteiger partial charge in [-0.25, -0.2) is 9.98 Å². The predicted molar refractivity (Wildman–Crippen MR) is 153 cm³/mol. The quantitative estimate of drug-likeness (QED) is 0.201. The third kappa shape index (κ3) is 5.22. The number of aromatic nitrogens is 2. The number of benzene rings is 4. The van der Waals surface area contributed by atoms with Gasteiger partial charge in [0.15, 0.2) is 0 Å². The van der Waals surface area contributed by atoms with Crippen molar-refractivity contribution in [1.82, 2.24) is 9.66 Å². The Balaban J connectivity index is 1.72. The molecule has 0 fully saturated rings.